The van der Waals surface area contributed by atoms with Crippen LogP contribution in [0.1, 0.15) is 34.6 Å². The van der Waals surface area contributed by atoms with E-state index in [4.69, 9.17) is 14.2 Å². The van der Waals surface area contributed by atoms with E-state index in [1.807, 2.05) is 6.92 Å². The summed E-state index contributed by atoms with van der Waals surface area (Å²) in [7, 11) is 0. The van der Waals surface area contributed by atoms with Gasteiger partial charge in [-0.15, -0.1) is 0 Å². The van der Waals surface area contributed by atoms with Gasteiger partial charge >= 0.3 is 17.9 Å². The maximum absolute atomic E-state index is 13.1. The van der Waals surface area contributed by atoms with E-state index in [1.165, 1.54) is 13.0 Å². The van der Waals surface area contributed by atoms with E-state index in [9.17, 15) is 19.2 Å². The maximum atomic E-state index is 13.1. The molecule has 1 aliphatic heterocycles. The Morgan fingerprint density at radius 1 is 1.19 bits per heavy atom. The zero-order valence-corrected chi connectivity index (χ0v) is 18.5. The number of esters is 3. The first-order valence-corrected chi connectivity index (χ1v) is 10.3. The van der Waals surface area contributed by atoms with Gasteiger partial charge < -0.3 is 14.2 Å². The van der Waals surface area contributed by atoms with Crippen molar-refractivity contribution < 1.29 is 33.4 Å². The van der Waals surface area contributed by atoms with Crippen LogP contribution in [0, 0.1) is 23.2 Å². The van der Waals surface area contributed by atoms with Crippen molar-refractivity contribution in [1.82, 2.24) is 0 Å². The molecular formula is C24H28O7. The molecule has 3 aliphatic rings. The minimum Gasteiger partial charge on any atom is -0.457 e. The number of carbonyl (C=O) groups excluding carboxylic acids is 4. The van der Waals surface area contributed by atoms with Gasteiger partial charge in [0.25, 0.3) is 0 Å². The van der Waals surface area contributed by atoms with Crippen LogP contribution in [-0.4, -0.2) is 42.0 Å². The van der Waals surface area contributed by atoms with Crippen molar-refractivity contribution in [2.75, 3.05) is 0 Å². The molecule has 0 bridgehead atoms. The van der Waals surface area contributed by atoms with Crippen LogP contribution in [0.3, 0.4) is 0 Å². The van der Waals surface area contributed by atoms with Crippen molar-refractivity contribution in [2.24, 2.45) is 23.2 Å². The molecule has 0 aromatic rings. The van der Waals surface area contributed by atoms with E-state index >= 15 is 0 Å². The highest BCUT2D eigenvalue weighted by atomic mass is 16.6. The molecule has 7 atom stereocenters. The van der Waals surface area contributed by atoms with Gasteiger partial charge in [0.2, 0.25) is 0 Å². The summed E-state index contributed by atoms with van der Waals surface area (Å²) in [6.45, 7) is 15.9. The lowest BCUT2D eigenvalue weighted by Crippen LogP contribution is -2.49. The second kappa shape index (κ2) is 7.94. The molecule has 1 saturated heterocycles. The molecule has 2 aliphatic carbocycles. The molecule has 7 heteroatoms. The second-order valence-electron chi connectivity index (χ2n) is 8.76. The maximum Gasteiger partial charge on any atom is 0.334 e. The van der Waals surface area contributed by atoms with E-state index in [2.05, 4.69) is 13.2 Å². The topological polar surface area (TPSA) is 96.0 Å². The standard InChI is InChI=1S/C24H28O7/c1-8-12(4)22(27)29-18-13(5)15-9-10-16(25)24(15,7)20(31-21(26)11(2)3)17-14(6)23(28)30-19(17)18/h8-10,13,15,17-20H,2,6H2,1,3-5,7H3/b12-8-/t13-,15-,17+,18+,19-,20-,24-/m0/s1. The van der Waals surface area contributed by atoms with E-state index in [0.717, 1.165) is 0 Å². The highest BCUT2D eigenvalue weighted by molar-refractivity contribution is 6.00. The summed E-state index contributed by atoms with van der Waals surface area (Å²) in [4.78, 5) is 50.7. The van der Waals surface area contributed by atoms with Crippen LogP contribution >= 0.6 is 0 Å². The van der Waals surface area contributed by atoms with Crippen LogP contribution in [0.25, 0.3) is 0 Å². The summed E-state index contributed by atoms with van der Waals surface area (Å²) in [6.07, 6.45) is 2.01. The van der Waals surface area contributed by atoms with Crippen molar-refractivity contribution in [3.05, 3.63) is 48.1 Å². The summed E-state index contributed by atoms with van der Waals surface area (Å²) in [5.41, 5.74) is -0.527. The number of ketones is 1. The number of ether oxygens (including phenoxy) is 3. The minimum absolute atomic E-state index is 0.0853. The smallest absolute Gasteiger partial charge is 0.334 e. The molecule has 1 heterocycles. The largest absolute Gasteiger partial charge is 0.457 e. The monoisotopic (exact) mass is 428 g/mol. The van der Waals surface area contributed by atoms with Gasteiger partial charge in [-0.05, 0) is 39.7 Å². The third kappa shape index (κ3) is 3.46. The lowest BCUT2D eigenvalue weighted by Gasteiger charge is -2.39. The van der Waals surface area contributed by atoms with Crippen LogP contribution in [-0.2, 0) is 33.4 Å². The van der Waals surface area contributed by atoms with Gasteiger partial charge in [0.05, 0.1) is 11.3 Å². The van der Waals surface area contributed by atoms with E-state index < -0.39 is 59.4 Å². The fourth-order valence-corrected chi connectivity index (χ4v) is 4.82. The minimum atomic E-state index is -1.18. The molecular weight excluding hydrogens is 400 g/mol. The summed E-state index contributed by atoms with van der Waals surface area (Å²) in [5.74, 6) is -3.78. The Labute approximate surface area is 181 Å². The zero-order valence-electron chi connectivity index (χ0n) is 18.5. The Morgan fingerprint density at radius 3 is 2.42 bits per heavy atom. The third-order valence-electron chi connectivity index (χ3n) is 6.85. The van der Waals surface area contributed by atoms with Gasteiger partial charge in [-0.3, -0.25) is 4.79 Å². The Kier molecular flexibility index (Phi) is 5.82. The van der Waals surface area contributed by atoms with E-state index in [0.29, 0.717) is 5.57 Å². The number of rotatable bonds is 4. The highest BCUT2D eigenvalue weighted by Crippen LogP contribution is 2.55. The Bertz CT molecular complexity index is 940. The molecule has 1 saturated carbocycles. The van der Waals surface area contributed by atoms with E-state index in [-0.39, 0.29) is 16.9 Å². The van der Waals surface area contributed by atoms with Gasteiger partial charge in [0, 0.05) is 22.6 Å². The molecule has 2 fully saturated rings. The molecule has 0 N–H and O–H groups in total. The van der Waals surface area contributed by atoms with Gasteiger partial charge in [0.1, 0.15) is 18.3 Å². The molecule has 31 heavy (non-hydrogen) atoms. The van der Waals surface area contributed by atoms with Crippen LogP contribution in [0.2, 0.25) is 0 Å². The molecule has 0 radical (unpaired) electrons. The average molecular weight is 428 g/mol. The van der Waals surface area contributed by atoms with Gasteiger partial charge in [-0.2, -0.15) is 0 Å². The van der Waals surface area contributed by atoms with Crippen LogP contribution in [0.4, 0.5) is 0 Å². The first kappa shape index (κ1) is 22.7. The highest BCUT2D eigenvalue weighted by Gasteiger charge is 2.65. The normalized spacial score (nSPS) is 36.9. The van der Waals surface area contributed by atoms with Crippen molar-refractivity contribution in [3.63, 3.8) is 0 Å². The summed E-state index contributed by atoms with van der Waals surface area (Å²) < 4.78 is 17.2. The Balaban J connectivity index is 2.15. The van der Waals surface area contributed by atoms with Gasteiger partial charge in [-0.25, -0.2) is 14.4 Å². The number of hydrogen-bond acceptors (Lipinski definition) is 7. The number of carbonyl (C=O) groups is 4. The number of hydrogen-bond donors (Lipinski definition) is 0. The van der Waals surface area contributed by atoms with Crippen molar-refractivity contribution in [2.45, 2.75) is 52.9 Å². The first-order chi connectivity index (χ1) is 14.4. The molecule has 0 aromatic heterocycles. The van der Waals surface area contributed by atoms with Gasteiger partial charge in [0.15, 0.2) is 5.78 Å². The Hall–Kier alpha value is -2.96. The average Bonchev–Trinajstić information content (AvgIpc) is 3.16. The first-order valence-electron chi connectivity index (χ1n) is 10.3. The van der Waals surface area contributed by atoms with Gasteiger partial charge in [-0.1, -0.05) is 32.2 Å². The molecule has 0 unspecified atom stereocenters. The van der Waals surface area contributed by atoms with Crippen molar-refractivity contribution in [3.8, 4) is 0 Å². The predicted octanol–water partition coefficient (Wildman–Crippen LogP) is 2.86. The van der Waals surface area contributed by atoms with Crippen molar-refractivity contribution in [1.29, 1.82) is 0 Å². The Morgan fingerprint density at radius 2 is 1.84 bits per heavy atom. The zero-order chi connectivity index (χ0) is 23.2. The summed E-state index contributed by atoms with van der Waals surface area (Å²) in [6, 6.07) is 0. The molecule has 0 amide bonds. The fourth-order valence-electron chi connectivity index (χ4n) is 4.82. The predicted molar refractivity (Wildman–Crippen MR) is 111 cm³/mol. The molecule has 0 spiro atoms. The lowest BCUT2D eigenvalue weighted by atomic mass is 9.67. The molecule has 166 valence electrons. The van der Waals surface area contributed by atoms with E-state index in [1.54, 1.807) is 32.9 Å². The molecule has 0 aromatic carbocycles. The summed E-state index contributed by atoms with van der Waals surface area (Å²) >= 11 is 0. The van der Waals surface area contributed by atoms with Crippen LogP contribution in [0.5, 0.6) is 0 Å². The number of fused-ring (bicyclic) bond motifs is 2. The second-order valence-corrected chi connectivity index (χ2v) is 8.76. The van der Waals surface area contributed by atoms with Crippen LogP contribution < -0.4 is 0 Å². The number of allylic oxidation sites excluding steroid dienone is 3. The lowest BCUT2D eigenvalue weighted by molar-refractivity contribution is -0.166. The SMILES string of the molecule is C=C(C)C(=O)O[C@H]1[C@@H]2C(=C)C(=O)O[C@@H]2[C@H](OC(=O)/C(C)=C\C)[C@@H](C)[C@@H]2C=CC(=O)[C@]21C. The quantitative estimate of drug-likeness (QED) is 0.386. The van der Waals surface area contributed by atoms with Crippen LogP contribution in [0.15, 0.2) is 48.1 Å². The van der Waals surface area contributed by atoms with Crippen molar-refractivity contribution >= 4 is 23.7 Å². The summed E-state index contributed by atoms with van der Waals surface area (Å²) in [5, 5.41) is 0. The molecule has 3 rings (SSSR count). The third-order valence-corrected chi connectivity index (χ3v) is 6.85. The fraction of sp³-hybridized carbons (Fsp3) is 0.500. The molecule has 7 nitrogen and oxygen atoms in total.